The van der Waals surface area contributed by atoms with Crippen LogP contribution in [0.4, 0.5) is 5.69 Å². The number of carbonyl (C=O) groups is 2. The summed E-state index contributed by atoms with van der Waals surface area (Å²) >= 11 is 3.46. The standard InChI is InChI=1S/C30H36BrN3O5S/c1-6-22(3)32-30(36)23(4)33(19-24-9-7-10-25(31)17-24)29(35)20-34(26-11-8-12-27(18-26)39-5)40(37,38)28-15-13-21(2)14-16-28/h7-18,22-23H,6,19-20H2,1-5H3,(H,32,36)/t22-,23-/m1/s1. The highest BCUT2D eigenvalue weighted by Crippen LogP contribution is 2.28. The number of amides is 2. The Morgan fingerprint density at radius 1 is 1.00 bits per heavy atom. The highest BCUT2D eigenvalue weighted by atomic mass is 79.9. The Balaban J connectivity index is 2.05. The van der Waals surface area contributed by atoms with E-state index in [9.17, 15) is 18.0 Å². The third-order valence-corrected chi connectivity index (χ3v) is 8.92. The van der Waals surface area contributed by atoms with Gasteiger partial charge < -0.3 is 15.0 Å². The van der Waals surface area contributed by atoms with Gasteiger partial charge in [0.05, 0.1) is 17.7 Å². The fourth-order valence-corrected chi connectivity index (χ4v) is 5.86. The SMILES string of the molecule is CC[C@@H](C)NC(=O)[C@@H](C)N(Cc1cccc(Br)c1)C(=O)CN(c1cccc(OC)c1)S(=O)(=O)c1ccc(C)cc1. The maximum absolute atomic E-state index is 14.0. The number of halogens is 1. The molecule has 0 bridgehead atoms. The Morgan fingerprint density at radius 3 is 2.30 bits per heavy atom. The first-order chi connectivity index (χ1) is 19.0. The molecular weight excluding hydrogens is 594 g/mol. The number of nitrogens with zero attached hydrogens (tertiary/aromatic N) is 2. The number of nitrogens with one attached hydrogen (secondary N) is 1. The zero-order chi connectivity index (χ0) is 29.4. The van der Waals surface area contributed by atoms with Crippen molar-refractivity contribution < 1.29 is 22.7 Å². The van der Waals surface area contributed by atoms with E-state index in [1.165, 1.54) is 24.1 Å². The molecule has 40 heavy (non-hydrogen) atoms. The minimum absolute atomic E-state index is 0.0508. The molecule has 0 aliphatic heterocycles. The maximum atomic E-state index is 14.0. The van der Waals surface area contributed by atoms with E-state index in [0.717, 1.165) is 26.3 Å². The molecule has 0 saturated carbocycles. The first kappa shape index (κ1) is 31.2. The van der Waals surface area contributed by atoms with Gasteiger partial charge in [-0.3, -0.25) is 13.9 Å². The molecule has 3 aromatic carbocycles. The monoisotopic (exact) mass is 629 g/mol. The van der Waals surface area contributed by atoms with Gasteiger partial charge in [0.1, 0.15) is 18.3 Å². The predicted molar refractivity (Wildman–Crippen MR) is 161 cm³/mol. The van der Waals surface area contributed by atoms with Crippen molar-refractivity contribution in [1.82, 2.24) is 10.2 Å². The molecule has 0 fully saturated rings. The molecule has 1 N–H and O–H groups in total. The van der Waals surface area contributed by atoms with Crippen LogP contribution >= 0.6 is 15.9 Å². The lowest BCUT2D eigenvalue weighted by Crippen LogP contribution is -2.52. The highest BCUT2D eigenvalue weighted by Gasteiger charge is 2.33. The van der Waals surface area contributed by atoms with Gasteiger partial charge in [0.25, 0.3) is 10.0 Å². The number of carbonyl (C=O) groups excluding carboxylic acids is 2. The topological polar surface area (TPSA) is 96.0 Å². The number of ether oxygens (including phenoxy) is 1. The van der Waals surface area contributed by atoms with Gasteiger partial charge in [-0.1, -0.05) is 58.7 Å². The van der Waals surface area contributed by atoms with Gasteiger partial charge in [-0.2, -0.15) is 0 Å². The number of benzene rings is 3. The molecule has 3 aromatic rings. The average Bonchev–Trinajstić information content (AvgIpc) is 2.94. The third-order valence-electron chi connectivity index (χ3n) is 6.64. The Hall–Kier alpha value is -3.37. The predicted octanol–water partition coefficient (Wildman–Crippen LogP) is 5.29. The lowest BCUT2D eigenvalue weighted by atomic mass is 10.1. The molecule has 3 rings (SSSR count). The summed E-state index contributed by atoms with van der Waals surface area (Å²) in [5.74, 6) is -0.390. The molecule has 0 unspecified atom stereocenters. The second-order valence-corrected chi connectivity index (χ2v) is 12.4. The maximum Gasteiger partial charge on any atom is 0.264 e. The molecule has 0 heterocycles. The average molecular weight is 631 g/mol. The van der Waals surface area contributed by atoms with Crippen molar-refractivity contribution in [2.75, 3.05) is 18.0 Å². The molecule has 214 valence electrons. The highest BCUT2D eigenvalue weighted by molar-refractivity contribution is 9.10. The molecular formula is C30H36BrN3O5S. The van der Waals surface area contributed by atoms with Crippen molar-refractivity contribution >= 4 is 43.5 Å². The first-order valence-corrected chi connectivity index (χ1v) is 15.3. The zero-order valence-corrected chi connectivity index (χ0v) is 25.8. The van der Waals surface area contributed by atoms with Gasteiger partial charge in [-0.05, 0) is 69.2 Å². The summed E-state index contributed by atoms with van der Waals surface area (Å²) in [5.41, 5.74) is 1.97. The number of aryl methyl sites for hydroxylation is 1. The van der Waals surface area contributed by atoms with Gasteiger partial charge in [0, 0.05) is 23.1 Å². The lowest BCUT2D eigenvalue weighted by molar-refractivity contribution is -0.139. The quantitative estimate of drug-likeness (QED) is 0.294. The molecule has 0 aliphatic rings. The fourth-order valence-electron chi connectivity index (χ4n) is 4.01. The molecule has 2 amide bonds. The molecule has 8 nitrogen and oxygen atoms in total. The lowest BCUT2D eigenvalue weighted by Gasteiger charge is -2.32. The first-order valence-electron chi connectivity index (χ1n) is 13.0. The van der Waals surface area contributed by atoms with E-state index in [1.54, 1.807) is 43.3 Å². The Kier molecular flexibility index (Phi) is 10.8. The van der Waals surface area contributed by atoms with Crippen LogP contribution in [0.3, 0.4) is 0 Å². The number of hydrogen-bond donors (Lipinski definition) is 1. The molecule has 0 aliphatic carbocycles. The normalized spacial score (nSPS) is 12.8. The summed E-state index contributed by atoms with van der Waals surface area (Å²) in [6.07, 6.45) is 0.733. The number of rotatable bonds is 12. The van der Waals surface area contributed by atoms with Crippen LogP contribution < -0.4 is 14.4 Å². The van der Waals surface area contributed by atoms with Crippen LogP contribution in [0.2, 0.25) is 0 Å². The van der Waals surface area contributed by atoms with Crippen LogP contribution in [0.15, 0.2) is 82.2 Å². The van der Waals surface area contributed by atoms with Crippen molar-refractivity contribution in [3.05, 3.63) is 88.4 Å². The van der Waals surface area contributed by atoms with E-state index in [-0.39, 0.29) is 29.1 Å². The van der Waals surface area contributed by atoms with Crippen LogP contribution in [0.1, 0.15) is 38.3 Å². The second kappa shape index (κ2) is 13.8. The van der Waals surface area contributed by atoms with Gasteiger partial charge in [-0.15, -0.1) is 0 Å². The summed E-state index contributed by atoms with van der Waals surface area (Å²) in [5, 5.41) is 2.93. The molecule has 0 saturated heterocycles. The van der Waals surface area contributed by atoms with E-state index < -0.39 is 28.5 Å². The summed E-state index contributed by atoms with van der Waals surface area (Å²) < 4.78 is 35.1. The van der Waals surface area contributed by atoms with Gasteiger partial charge in [0.2, 0.25) is 11.8 Å². The minimum Gasteiger partial charge on any atom is -0.497 e. The van der Waals surface area contributed by atoms with Crippen LogP contribution in [-0.4, -0.2) is 50.9 Å². The third kappa shape index (κ3) is 7.85. The molecule has 0 spiro atoms. The van der Waals surface area contributed by atoms with Crippen molar-refractivity contribution in [3.63, 3.8) is 0 Å². The number of methoxy groups -OCH3 is 1. The van der Waals surface area contributed by atoms with Crippen LogP contribution in [0, 0.1) is 6.92 Å². The summed E-state index contributed by atoms with van der Waals surface area (Å²) in [6, 6.07) is 19.5. The van der Waals surface area contributed by atoms with Crippen molar-refractivity contribution in [1.29, 1.82) is 0 Å². The Labute approximate surface area is 245 Å². The Morgan fingerprint density at radius 2 is 1.68 bits per heavy atom. The molecule has 10 heteroatoms. The van der Waals surface area contributed by atoms with Crippen LogP contribution in [0.25, 0.3) is 0 Å². The van der Waals surface area contributed by atoms with E-state index in [1.807, 2.05) is 45.0 Å². The van der Waals surface area contributed by atoms with Crippen molar-refractivity contribution in [2.45, 2.75) is 57.6 Å². The zero-order valence-electron chi connectivity index (χ0n) is 23.4. The van der Waals surface area contributed by atoms with E-state index in [4.69, 9.17) is 4.74 Å². The molecule has 2 atom stereocenters. The minimum atomic E-state index is -4.15. The van der Waals surface area contributed by atoms with E-state index in [0.29, 0.717) is 5.75 Å². The van der Waals surface area contributed by atoms with Crippen LogP contribution in [-0.2, 0) is 26.2 Å². The number of anilines is 1. The summed E-state index contributed by atoms with van der Waals surface area (Å²) in [7, 11) is -2.66. The number of hydrogen-bond acceptors (Lipinski definition) is 5. The summed E-state index contributed by atoms with van der Waals surface area (Å²) in [4.78, 5) is 28.6. The molecule has 0 radical (unpaired) electrons. The summed E-state index contributed by atoms with van der Waals surface area (Å²) in [6.45, 7) is 6.97. The van der Waals surface area contributed by atoms with Crippen LogP contribution in [0.5, 0.6) is 5.75 Å². The van der Waals surface area contributed by atoms with E-state index in [2.05, 4.69) is 21.2 Å². The van der Waals surface area contributed by atoms with Gasteiger partial charge in [-0.25, -0.2) is 8.42 Å². The largest absolute Gasteiger partial charge is 0.497 e. The van der Waals surface area contributed by atoms with Crippen molar-refractivity contribution in [3.8, 4) is 5.75 Å². The second-order valence-electron chi connectivity index (χ2n) is 9.67. The van der Waals surface area contributed by atoms with E-state index >= 15 is 0 Å². The Bertz CT molecular complexity index is 1430. The smallest absolute Gasteiger partial charge is 0.264 e. The van der Waals surface area contributed by atoms with Gasteiger partial charge >= 0.3 is 0 Å². The molecule has 0 aromatic heterocycles. The number of sulfonamides is 1. The van der Waals surface area contributed by atoms with Crippen molar-refractivity contribution in [2.24, 2.45) is 0 Å². The van der Waals surface area contributed by atoms with Gasteiger partial charge in [0.15, 0.2) is 0 Å². The fraction of sp³-hybridized carbons (Fsp3) is 0.333.